The molecule has 1 aromatic rings. The molecule has 0 heterocycles. The van der Waals surface area contributed by atoms with Crippen molar-refractivity contribution in [3.05, 3.63) is 29.8 Å². The van der Waals surface area contributed by atoms with Crippen LogP contribution in [0.2, 0.25) is 0 Å². The molecule has 0 radical (unpaired) electrons. The first-order chi connectivity index (χ1) is 9.27. The summed E-state index contributed by atoms with van der Waals surface area (Å²) in [5, 5.41) is 8.66. The van der Waals surface area contributed by atoms with E-state index >= 15 is 0 Å². The highest BCUT2D eigenvalue weighted by molar-refractivity contribution is 7.90. The molecule has 0 aliphatic carbocycles. The van der Waals surface area contributed by atoms with Gasteiger partial charge >= 0.3 is 5.97 Å². The first kappa shape index (κ1) is 16.2. The maximum atomic E-state index is 12.3. The lowest BCUT2D eigenvalue weighted by Gasteiger charge is -2.21. The number of carboxylic acids is 1. The summed E-state index contributed by atoms with van der Waals surface area (Å²) in [5.41, 5.74) is 0.0715. The number of carboxylic acid groups (broad SMARTS) is 1. The number of carbonyl (C=O) groups is 2. The van der Waals surface area contributed by atoms with E-state index in [9.17, 15) is 18.0 Å². The van der Waals surface area contributed by atoms with Gasteiger partial charge in [-0.05, 0) is 19.1 Å². The largest absolute Gasteiger partial charge is 0.481 e. The molecule has 1 aromatic carbocycles. The summed E-state index contributed by atoms with van der Waals surface area (Å²) in [5.74, 6) is -1.48. The number of nitrogens with zero attached hydrogens (tertiary/aromatic N) is 1. The number of hydrogen-bond donors (Lipinski definition) is 1. The molecule has 0 spiro atoms. The van der Waals surface area contributed by atoms with Crippen LogP contribution in [0.3, 0.4) is 0 Å². The molecule has 0 aliphatic rings. The van der Waals surface area contributed by atoms with Crippen molar-refractivity contribution in [3.8, 4) is 0 Å². The highest BCUT2D eigenvalue weighted by Gasteiger charge is 2.22. The number of carbonyl (C=O) groups excluding carboxylic acids is 1. The highest BCUT2D eigenvalue weighted by atomic mass is 32.2. The van der Waals surface area contributed by atoms with Crippen LogP contribution in [0.15, 0.2) is 29.2 Å². The van der Waals surface area contributed by atoms with Gasteiger partial charge in [-0.3, -0.25) is 9.59 Å². The number of rotatable bonds is 6. The summed E-state index contributed by atoms with van der Waals surface area (Å²) in [6.45, 7) is 2.07. The van der Waals surface area contributed by atoms with Crippen LogP contribution in [0.5, 0.6) is 0 Å². The molecule has 6 nitrogen and oxygen atoms in total. The van der Waals surface area contributed by atoms with Crippen LogP contribution in [-0.2, 0) is 14.6 Å². The van der Waals surface area contributed by atoms with Crippen molar-refractivity contribution in [2.75, 3.05) is 19.3 Å². The van der Waals surface area contributed by atoms with Crippen molar-refractivity contribution < 1.29 is 23.1 Å². The van der Waals surface area contributed by atoms with Gasteiger partial charge in [0.2, 0.25) is 0 Å². The quantitative estimate of drug-likeness (QED) is 0.847. The number of benzene rings is 1. The molecule has 0 atom stereocenters. The second kappa shape index (κ2) is 6.51. The smallest absolute Gasteiger partial charge is 0.305 e. The lowest BCUT2D eigenvalue weighted by molar-refractivity contribution is -0.137. The Morgan fingerprint density at radius 1 is 1.25 bits per heavy atom. The van der Waals surface area contributed by atoms with Gasteiger partial charge in [0.05, 0.1) is 16.9 Å². The average molecular weight is 299 g/mol. The minimum Gasteiger partial charge on any atom is -0.481 e. The van der Waals surface area contributed by atoms with Crippen LogP contribution in [0.1, 0.15) is 23.7 Å². The van der Waals surface area contributed by atoms with E-state index in [0.717, 1.165) is 6.26 Å². The van der Waals surface area contributed by atoms with Crippen molar-refractivity contribution in [2.24, 2.45) is 0 Å². The van der Waals surface area contributed by atoms with Crippen molar-refractivity contribution in [2.45, 2.75) is 18.2 Å². The third kappa shape index (κ3) is 4.06. The fourth-order valence-electron chi connectivity index (χ4n) is 1.77. The second-order valence-corrected chi connectivity index (χ2v) is 6.28. The van der Waals surface area contributed by atoms with Crippen LogP contribution in [0.25, 0.3) is 0 Å². The molecule has 110 valence electrons. The van der Waals surface area contributed by atoms with E-state index in [2.05, 4.69) is 0 Å². The first-order valence-electron chi connectivity index (χ1n) is 6.07. The van der Waals surface area contributed by atoms with Gasteiger partial charge in [-0.1, -0.05) is 12.1 Å². The van der Waals surface area contributed by atoms with Crippen LogP contribution in [0.4, 0.5) is 0 Å². The zero-order chi connectivity index (χ0) is 15.3. The van der Waals surface area contributed by atoms with E-state index in [1.165, 1.54) is 17.0 Å². The lowest BCUT2D eigenvalue weighted by atomic mass is 10.2. The predicted octanol–water partition coefficient (Wildman–Crippen LogP) is 1.03. The van der Waals surface area contributed by atoms with E-state index in [0.29, 0.717) is 6.54 Å². The summed E-state index contributed by atoms with van der Waals surface area (Å²) >= 11 is 0. The molecule has 0 saturated heterocycles. The Bertz CT molecular complexity index is 609. The molecular weight excluding hydrogens is 282 g/mol. The van der Waals surface area contributed by atoms with Gasteiger partial charge in [0.1, 0.15) is 0 Å². The topological polar surface area (TPSA) is 91.8 Å². The van der Waals surface area contributed by atoms with Crippen molar-refractivity contribution >= 4 is 21.7 Å². The van der Waals surface area contributed by atoms with Crippen molar-refractivity contribution in [1.29, 1.82) is 0 Å². The molecular formula is C13H17NO5S. The number of sulfone groups is 1. The van der Waals surface area contributed by atoms with E-state index in [1.54, 1.807) is 19.1 Å². The highest BCUT2D eigenvalue weighted by Crippen LogP contribution is 2.17. The van der Waals surface area contributed by atoms with Crippen LogP contribution >= 0.6 is 0 Å². The maximum absolute atomic E-state index is 12.3. The minimum atomic E-state index is -3.52. The molecule has 0 unspecified atom stereocenters. The number of hydrogen-bond acceptors (Lipinski definition) is 4. The van der Waals surface area contributed by atoms with Gasteiger partial charge < -0.3 is 10.0 Å². The summed E-state index contributed by atoms with van der Waals surface area (Å²) in [7, 11) is -3.52. The SMILES string of the molecule is CCN(CCC(=O)O)C(=O)c1ccccc1S(C)(=O)=O. The molecule has 7 heteroatoms. The fraction of sp³-hybridized carbons (Fsp3) is 0.385. The van der Waals surface area contributed by atoms with Crippen molar-refractivity contribution in [3.63, 3.8) is 0 Å². The van der Waals surface area contributed by atoms with Crippen LogP contribution in [0, 0.1) is 0 Å². The summed E-state index contributed by atoms with van der Waals surface area (Å²) in [6.07, 6.45) is 0.854. The van der Waals surface area contributed by atoms with E-state index in [4.69, 9.17) is 5.11 Å². The zero-order valence-corrected chi connectivity index (χ0v) is 12.2. The Balaban J connectivity index is 3.10. The maximum Gasteiger partial charge on any atom is 0.305 e. The molecule has 1 amide bonds. The Labute approximate surface area is 117 Å². The van der Waals surface area contributed by atoms with Crippen molar-refractivity contribution in [1.82, 2.24) is 4.90 Å². The Hall–Kier alpha value is -1.89. The van der Waals surface area contributed by atoms with E-state index in [-0.39, 0.29) is 23.4 Å². The summed E-state index contributed by atoms with van der Waals surface area (Å²) < 4.78 is 23.3. The Morgan fingerprint density at radius 3 is 2.35 bits per heavy atom. The van der Waals surface area contributed by atoms with Crippen LogP contribution in [-0.4, -0.2) is 49.6 Å². The number of aliphatic carboxylic acids is 1. The predicted molar refractivity (Wildman–Crippen MR) is 73.4 cm³/mol. The standard InChI is InChI=1S/C13H17NO5S/c1-3-14(9-8-12(15)16)13(17)10-6-4-5-7-11(10)20(2,18)19/h4-7H,3,8-9H2,1-2H3,(H,15,16). The average Bonchev–Trinajstić information content (AvgIpc) is 2.38. The molecule has 0 aliphatic heterocycles. The molecule has 0 saturated carbocycles. The lowest BCUT2D eigenvalue weighted by Crippen LogP contribution is -2.33. The monoisotopic (exact) mass is 299 g/mol. The molecule has 20 heavy (non-hydrogen) atoms. The third-order valence-corrected chi connectivity index (χ3v) is 3.94. The van der Waals surface area contributed by atoms with E-state index in [1.807, 2.05) is 0 Å². The molecule has 1 N–H and O–H groups in total. The van der Waals surface area contributed by atoms with E-state index < -0.39 is 21.7 Å². The summed E-state index contributed by atoms with van der Waals surface area (Å²) in [4.78, 5) is 24.2. The van der Waals surface area contributed by atoms with Crippen LogP contribution < -0.4 is 0 Å². The second-order valence-electron chi connectivity index (χ2n) is 4.30. The molecule has 1 rings (SSSR count). The minimum absolute atomic E-state index is 0.0428. The first-order valence-corrected chi connectivity index (χ1v) is 7.96. The van der Waals surface area contributed by atoms with Gasteiger partial charge in [-0.2, -0.15) is 0 Å². The van der Waals surface area contributed by atoms with Gasteiger partial charge in [0.15, 0.2) is 9.84 Å². The molecule has 0 bridgehead atoms. The van der Waals surface area contributed by atoms with Gasteiger partial charge in [0.25, 0.3) is 5.91 Å². The summed E-state index contributed by atoms with van der Waals surface area (Å²) in [6, 6.07) is 5.92. The number of amides is 1. The molecule has 0 fully saturated rings. The fourth-order valence-corrected chi connectivity index (χ4v) is 2.65. The van der Waals surface area contributed by atoms with Gasteiger partial charge in [-0.15, -0.1) is 0 Å². The zero-order valence-electron chi connectivity index (χ0n) is 11.4. The normalized spacial score (nSPS) is 11.1. The Morgan fingerprint density at radius 2 is 1.85 bits per heavy atom. The van der Waals surface area contributed by atoms with Gasteiger partial charge in [0, 0.05) is 19.3 Å². The van der Waals surface area contributed by atoms with Gasteiger partial charge in [-0.25, -0.2) is 8.42 Å². The molecule has 0 aromatic heterocycles. The third-order valence-electron chi connectivity index (χ3n) is 2.78. The Kier molecular flexibility index (Phi) is 5.26.